The molecule has 23 heavy (non-hydrogen) atoms. The molecule has 120 valence electrons. The zero-order valence-electron chi connectivity index (χ0n) is 12.5. The van der Waals surface area contributed by atoms with E-state index < -0.39 is 4.92 Å². The molecular formula is C15H15ClN4O2S. The van der Waals surface area contributed by atoms with Crippen molar-refractivity contribution in [1.29, 1.82) is 0 Å². The van der Waals surface area contributed by atoms with Crippen molar-refractivity contribution in [3.63, 3.8) is 0 Å². The summed E-state index contributed by atoms with van der Waals surface area (Å²) in [5, 5.41) is 14.2. The first-order chi connectivity index (χ1) is 10.8. The summed E-state index contributed by atoms with van der Waals surface area (Å²) >= 11 is 11.2. The molecule has 0 saturated carbocycles. The summed E-state index contributed by atoms with van der Waals surface area (Å²) in [7, 11) is 0. The van der Waals surface area contributed by atoms with Gasteiger partial charge < -0.3 is 5.32 Å². The standard InChI is InChI=1S/C15H15ClN4O2S/c1-9-5-10(2)7-11(6-9)18-19-15(23)17-14-8-12(20(21)22)3-4-13(14)16/h3-8,18H,1-2H3,(H2,17,19,23). The van der Waals surface area contributed by atoms with Gasteiger partial charge in [-0.2, -0.15) is 0 Å². The Morgan fingerprint density at radius 1 is 1.17 bits per heavy atom. The van der Waals surface area contributed by atoms with Crippen LogP contribution in [-0.2, 0) is 0 Å². The van der Waals surface area contributed by atoms with Crippen LogP contribution in [0.2, 0.25) is 5.02 Å². The van der Waals surface area contributed by atoms with Crippen molar-refractivity contribution in [3.05, 3.63) is 62.7 Å². The second kappa shape index (κ2) is 7.26. The number of halogens is 1. The Balaban J connectivity index is 2.02. The minimum absolute atomic E-state index is 0.0676. The quantitative estimate of drug-likeness (QED) is 0.436. The molecule has 0 heterocycles. The summed E-state index contributed by atoms with van der Waals surface area (Å²) in [5.41, 5.74) is 9.18. The second-order valence-electron chi connectivity index (χ2n) is 5.00. The molecule has 0 spiro atoms. The van der Waals surface area contributed by atoms with Crippen LogP contribution in [0.15, 0.2) is 36.4 Å². The number of rotatable bonds is 4. The van der Waals surface area contributed by atoms with E-state index in [-0.39, 0.29) is 10.8 Å². The van der Waals surface area contributed by atoms with Gasteiger partial charge in [0.1, 0.15) is 0 Å². The van der Waals surface area contributed by atoms with Crippen LogP contribution in [0, 0.1) is 24.0 Å². The molecule has 0 bridgehead atoms. The van der Waals surface area contributed by atoms with Gasteiger partial charge >= 0.3 is 0 Å². The second-order valence-corrected chi connectivity index (χ2v) is 5.82. The minimum atomic E-state index is -0.494. The highest BCUT2D eigenvalue weighted by Crippen LogP contribution is 2.26. The summed E-state index contributed by atoms with van der Waals surface area (Å²) in [6.07, 6.45) is 0. The van der Waals surface area contributed by atoms with Crippen LogP contribution in [0.5, 0.6) is 0 Å². The number of benzene rings is 2. The lowest BCUT2D eigenvalue weighted by Gasteiger charge is -2.14. The molecule has 0 unspecified atom stereocenters. The maximum atomic E-state index is 10.8. The zero-order valence-corrected chi connectivity index (χ0v) is 14.1. The van der Waals surface area contributed by atoms with Crippen molar-refractivity contribution in [3.8, 4) is 0 Å². The zero-order chi connectivity index (χ0) is 17.0. The van der Waals surface area contributed by atoms with Crippen molar-refractivity contribution in [2.75, 3.05) is 10.7 Å². The maximum Gasteiger partial charge on any atom is 0.271 e. The minimum Gasteiger partial charge on any atom is -0.330 e. The average Bonchev–Trinajstić information content (AvgIpc) is 2.46. The number of hydrazine groups is 1. The first-order valence-corrected chi connectivity index (χ1v) is 7.49. The molecule has 0 amide bonds. The van der Waals surface area contributed by atoms with E-state index in [0.717, 1.165) is 16.8 Å². The number of non-ortho nitro benzene ring substituents is 1. The van der Waals surface area contributed by atoms with E-state index in [1.54, 1.807) is 0 Å². The third kappa shape index (κ3) is 4.80. The molecular weight excluding hydrogens is 336 g/mol. The summed E-state index contributed by atoms with van der Waals surface area (Å²) < 4.78 is 0. The number of aryl methyl sites for hydroxylation is 2. The third-order valence-electron chi connectivity index (χ3n) is 2.95. The van der Waals surface area contributed by atoms with E-state index in [2.05, 4.69) is 22.2 Å². The predicted molar refractivity (Wildman–Crippen MR) is 97.0 cm³/mol. The molecule has 0 aromatic heterocycles. The SMILES string of the molecule is Cc1cc(C)cc(NNC(=S)Nc2cc([N+](=O)[O-])ccc2Cl)c1. The first kappa shape index (κ1) is 17.0. The van der Waals surface area contributed by atoms with Gasteiger partial charge in [0.15, 0.2) is 5.11 Å². The molecule has 0 aliphatic rings. The van der Waals surface area contributed by atoms with Gasteiger partial charge in [-0.1, -0.05) is 17.7 Å². The number of anilines is 2. The van der Waals surface area contributed by atoms with Gasteiger partial charge in [-0.05, 0) is 55.4 Å². The van der Waals surface area contributed by atoms with Crippen molar-refractivity contribution in [2.24, 2.45) is 0 Å². The normalized spacial score (nSPS) is 10.0. The molecule has 6 nitrogen and oxygen atoms in total. The van der Waals surface area contributed by atoms with Gasteiger partial charge in [0.2, 0.25) is 0 Å². The highest BCUT2D eigenvalue weighted by atomic mass is 35.5. The Bertz CT molecular complexity index is 747. The van der Waals surface area contributed by atoms with E-state index in [9.17, 15) is 10.1 Å². The van der Waals surface area contributed by atoms with Crippen LogP contribution in [0.25, 0.3) is 0 Å². The summed E-state index contributed by atoms with van der Waals surface area (Å²) in [6.45, 7) is 4.00. The Morgan fingerprint density at radius 2 is 1.83 bits per heavy atom. The molecule has 8 heteroatoms. The van der Waals surface area contributed by atoms with Crippen LogP contribution in [0.3, 0.4) is 0 Å². The van der Waals surface area contributed by atoms with Crippen molar-refractivity contribution in [2.45, 2.75) is 13.8 Å². The maximum absolute atomic E-state index is 10.8. The van der Waals surface area contributed by atoms with Crippen molar-refractivity contribution >= 4 is 46.0 Å². The summed E-state index contributed by atoms with van der Waals surface area (Å²) in [4.78, 5) is 10.3. The number of nitro groups is 1. The van der Waals surface area contributed by atoms with E-state index in [1.165, 1.54) is 18.2 Å². The highest BCUT2D eigenvalue weighted by molar-refractivity contribution is 7.80. The monoisotopic (exact) mass is 350 g/mol. The molecule has 2 aromatic rings. The number of thiocarbonyl (C=S) groups is 1. The van der Waals surface area contributed by atoms with Crippen LogP contribution in [-0.4, -0.2) is 10.0 Å². The fraction of sp³-hybridized carbons (Fsp3) is 0.133. The highest BCUT2D eigenvalue weighted by Gasteiger charge is 2.10. The predicted octanol–water partition coefficient (Wildman–Crippen LogP) is 4.18. The van der Waals surface area contributed by atoms with Crippen LogP contribution < -0.4 is 16.2 Å². The fourth-order valence-corrected chi connectivity index (χ4v) is 2.38. The molecule has 0 aliphatic carbocycles. The van der Waals surface area contributed by atoms with Gasteiger partial charge in [-0.15, -0.1) is 0 Å². The van der Waals surface area contributed by atoms with E-state index in [1.807, 2.05) is 26.0 Å². The van der Waals surface area contributed by atoms with Gasteiger partial charge in [0.05, 0.1) is 21.3 Å². The van der Waals surface area contributed by atoms with Crippen LogP contribution in [0.1, 0.15) is 11.1 Å². The van der Waals surface area contributed by atoms with Crippen molar-refractivity contribution < 1.29 is 4.92 Å². The Hall–Kier alpha value is -2.38. The average molecular weight is 351 g/mol. The lowest BCUT2D eigenvalue weighted by atomic mass is 10.1. The molecule has 0 fully saturated rings. The smallest absolute Gasteiger partial charge is 0.271 e. The first-order valence-electron chi connectivity index (χ1n) is 6.70. The number of nitro benzene ring substituents is 1. The molecule has 0 aliphatic heterocycles. The van der Waals surface area contributed by atoms with Gasteiger partial charge in [-0.3, -0.25) is 21.0 Å². The Kier molecular flexibility index (Phi) is 5.36. The number of hydrogen-bond acceptors (Lipinski definition) is 4. The van der Waals surface area contributed by atoms with Gasteiger partial charge in [0, 0.05) is 12.1 Å². The fourth-order valence-electron chi connectivity index (χ4n) is 2.05. The molecule has 2 aromatic carbocycles. The molecule has 3 N–H and O–H groups in total. The Morgan fingerprint density at radius 3 is 2.43 bits per heavy atom. The van der Waals surface area contributed by atoms with Gasteiger partial charge in [-0.25, -0.2) is 0 Å². The summed E-state index contributed by atoms with van der Waals surface area (Å²) in [6, 6.07) is 10.1. The number of nitrogens with zero attached hydrogens (tertiary/aromatic N) is 1. The largest absolute Gasteiger partial charge is 0.330 e. The summed E-state index contributed by atoms with van der Waals surface area (Å²) in [5.74, 6) is 0. The molecule has 2 rings (SSSR count). The van der Waals surface area contributed by atoms with Gasteiger partial charge in [0.25, 0.3) is 5.69 Å². The Labute approximate surface area is 144 Å². The van der Waals surface area contributed by atoms with Crippen LogP contribution in [0.4, 0.5) is 17.1 Å². The number of nitrogens with one attached hydrogen (secondary N) is 3. The lowest BCUT2D eigenvalue weighted by Crippen LogP contribution is -2.33. The molecule has 0 radical (unpaired) electrons. The van der Waals surface area contributed by atoms with Crippen LogP contribution >= 0.6 is 23.8 Å². The van der Waals surface area contributed by atoms with Crippen molar-refractivity contribution in [1.82, 2.24) is 5.43 Å². The lowest BCUT2D eigenvalue weighted by molar-refractivity contribution is -0.384. The van der Waals surface area contributed by atoms with E-state index in [0.29, 0.717) is 10.7 Å². The molecule has 0 saturated heterocycles. The van der Waals surface area contributed by atoms with E-state index in [4.69, 9.17) is 23.8 Å². The van der Waals surface area contributed by atoms with E-state index >= 15 is 0 Å². The third-order valence-corrected chi connectivity index (χ3v) is 3.48. The topological polar surface area (TPSA) is 79.2 Å². The molecule has 0 atom stereocenters. The number of hydrogen-bond donors (Lipinski definition) is 3.